The van der Waals surface area contributed by atoms with E-state index >= 15 is 0 Å². The summed E-state index contributed by atoms with van der Waals surface area (Å²) >= 11 is 0. The van der Waals surface area contributed by atoms with E-state index in [4.69, 9.17) is 18.4 Å². The summed E-state index contributed by atoms with van der Waals surface area (Å²) in [4.78, 5) is 0. The highest BCUT2D eigenvalue weighted by Gasteiger charge is 2.42. The molecule has 5 atom stereocenters. The minimum atomic E-state index is -3.47. The second kappa shape index (κ2) is 13.2. The van der Waals surface area contributed by atoms with Crippen LogP contribution in [0.1, 0.15) is 38.8 Å². The van der Waals surface area contributed by atoms with E-state index in [1.165, 1.54) is 0 Å². The van der Waals surface area contributed by atoms with Crippen LogP contribution in [0, 0.1) is 11.8 Å². The third-order valence-electron chi connectivity index (χ3n) is 6.03. The Morgan fingerprint density at radius 2 is 1.42 bits per heavy atom. The van der Waals surface area contributed by atoms with Crippen molar-refractivity contribution in [2.24, 2.45) is 11.8 Å². The summed E-state index contributed by atoms with van der Waals surface area (Å²) in [6.45, 7) is 5.79. The van der Waals surface area contributed by atoms with E-state index in [2.05, 4.69) is 13.8 Å². The Kier molecular flexibility index (Phi) is 11.0. The first-order valence-corrected chi connectivity index (χ1v) is 12.9. The van der Waals surface area contributed by atoms with Crippen LogP contribution in [-0.2, 0) is 41.7 Å². The number of rotatable bonds is 11. The molecule has 0 N–H and O–H groups in total. The molecule has 1 heterocycles. The molecule has 3 rings (SSSR count). The van der Waals surface area contributed by atoms with Crippen molar-refractivity contribution in [2.45, 2.75) is 59.2 Å². The van der Waals surface area contributed by atoms with E-state index in [0.717, 1.165) is 17.4 Å². The van der Waals surface area contributed by atoms with Crippen molar-refractivity contribution in [2.75, 3.05) is 19.5 Å². The molecule has 0 spiro atoms. The first kappa shape index (κ1) is 27.5. The molecule has 2 aromatic carbocycles. The van der Waals surface area contributed by atoms with Crippen LogP contribution < -0.4 is 0 Å². The highest BCUT2D eigenvalue weighted by Crippen LogP contribution is 2.35. The van der Waals surface area contributed by atoms with Gasteiger partial charge in [-0.3, -0.25) is 4.18 Å². The lowest BCUT2D eigenvalue weighted by atomic mass is 9.80. The average molecular weight is 479 g/mol. The number of ether oxygens (including phenoxy) is 3. The molecule has 7 heteroatoms. The highest BCUT2D eigenvalue weighted by molar-refractivity contribution is 7.85. The predicted molar refractivity (Wildman–Crippen MR) is 130 cm³/mol. The van der Waals surface area contributed by atoms with E-state index in [1.807, 2.05) is 60.7 Å². The average Bonchev–Trinajstić information content (AvgIpc) is 2.77. The van der Waals surface area contributed by atoms with Crippen molar-refractivity contribution in [3.05, 3.63) is 71.8 Å². The Morgan fingerprint density at radius 3 is 2.00 bits per heavy atom. The second-order valence-corrected chi connectivity index (χ2v) is 10.2. The molecule has 0 bridgehead atoms. The summed E-state index contributed by atoms with van der Waals surface area (Å²) in [5.41, 5.74) is 2.21. The molecule has 0 radical (unpaired) electrons. The Labute approximate surface area is 199 Å². The summed E-state index contributed by atoms with van der Waals surface area (Å²) < 4.78 is 46.3. The van der Waals surface area contributed by atoms with Crippen LogP contribution in [0.5, 0.6) is 0 Å². The van der Waals surface area contributed by atoms with E-state index in [9.17, 15) is 8.42 Å². The molecule has 0 amide bonds. The fourth-order valence-corrected chi connectivity index (χ4v) is 4.47. The molecule has 2 aromatic rings. The molecule has 0 aliphatic carbocycles. The summed E-state index contributed by atoms with van der Waals surface area (Å²) in [6, 6.07) is 20.1. The Morgan fingerprint density at radius 1 is 0.848 bits per heavy atom. The van der Waals surface area contributed by atoms with Gasteiger partial charge in [0.1, 0.15) is 6.10 Å². The minimum absolute atomic E-state index is 0. The van der Waals surface area contributed by atoms with Gasteiger partial charge in [-0.25, -0.2) is 0 Å². The van der Waals surface area contributed by atoms with Gasteiger partial charge in [0.15, 0.2) is 0 Å². The molecular formula is C26H38O6S. The SMILES string of the molecule is C.C[C@@H]1[C@H](C)[C@@H](CCOS(C)(=O)=O)O[C@H](COCc2ccccc2)[C@H]1OCc1ccccc1. The van der Waals surface area contributed by atoms with Gasteiger partial charge in [0.2, 0.25) is 0 Å². The van der Waals surface area contributed by atoms with Crippen LogP contribution in [0.4, 0.5) is 0 Å². The molecule has 184 valence electrons. The maximum atomic E-state index is 11.3. The molecule has 1 aliphatic rings. The monoisotopic (exact) mass is 478 g/mol. The summed E-state index contributed by atoms with van der Waals surface area (Å²) in [5.74, 6) is 0.394. The van der Waals surface area contributed by atoms with Crippen molar-refractivity contribution in [1.82, 2.24) is 0 Å². The van der Waals surface area contributed by atoms with Crippen LogP contribution in [-0.4, -0.2) is 46.2 Å². The van der Waals surface area contributed by atoms with E-state index in [-0.39, 0.29) is 44.2 Å². The Bertz CT molecular complexity index is 903. The van der Waals surface area contributed by atoms with Crippen molar-refractivity contribution in [3.8, 4) is 0 Å². The van der Waals surface area contributed by atoms with Gasteiger partial charge >= 0.3 is 0 Å². The van der Waals surface area contributed by atoms with Gasteiger partial charge in [0, 0.05) is 0 Å². The third-order valence-corrected chi connectivity index (χ3v) is 6.62. The van der Waals surface area contributed by atoms with Crippen molar-refractivity contribution < 1.29 is 26.8 Å². The fourth-order valence-electron chi connectivity index (χ4n) is 4.08. The molecule has 33 heavy (non-hydrogen) atoms. The Hall–Kier alpha value is -1.77. The lowest BCUT2D eigenvalue weighted by Crippen LogP contribution is -2.52. The van der Waals surface area contributed by atoms with Gasteiger partial charge in [-0.05, 0) is 29.4 Å². The molecule has 1 saturated heterocycles. The molecule has 0 saturated carbocycles. The molecule has 6 nitrogen and oxygen atoms in total. The molecule has 0 aromatic heterocycles. The maximum absolute atomic E-state index is 11.3. The molecular weight excluding hydrogens is 440 g/mol. The van der Waals surface area contributed by atoms with Crippen LogP contribution in [0.15, 0.2) is 60.7 Å². The van der Waals surface area contributed by atoms with Gasteiger partial charge in [-0.15, -0.1) is 0 Å². The highest BCUT2D eigenvalue weighted by atomic mass is 32.2. The quantitative estimate of drug-likeness (QED) is 0.431. The summed E-state index contributed by atoms with van der Waals surface area (Å²) in [7, 11) is -3.47. The largest absolute Gasteiger partial charge is 0.374 e. The zero-order valence-electron chi connectivity index (χ0n) is 19.1. The minimum Gasteiger partial charge on any atom is -0.374 e. The first-order chi connectivity index (χ1) is 15.3. The normalized spacial score (nSPS) is 25.4. The van der Waals surface area contributed by atoms with E-state index in [1.54, 1.807) is 0 Å². The number of hydrogen-bond acceptors (Lipinski definition) is 6. The molecule has 1 aliphatic heterocycles. The van der Waals surface area contributed by atoms with Crippen molar-refractivity contribution in [3.63, 3.8) is 0 Å². The number of benzene rings is 2. The first-order valence-electron chi connectivity index (χ1n) is 11.1. The van der Waals surface area contributed by atoms with Gasteiger partial charge in [-0.2, -0.15) is 8.42 Å². The molecule has 0 unspecified atom stereocenters. The van der Waals surface area contributed by atoms with Crippen molar-refractivity contribution >= 4 is 10.1 Å². The van der Waals surface area contributed by atoms with Crippen molar-refractivity contribution in [1.29, 1.82) is 0 Å². The van der Waals surface area contributed by atoms with Crippen LogP contribution >= 0.6 is 0 Å². The predicted octanol–water partition coefficient (Wildman–Crippen LogP) is 4.83. The van der Waals surface area contributed by atoms with Crippen LogP contribution in [0.3, 0.4) is 0 Å². The zero-order valence-corrected chi connectivity index (χ0v) is 19.9. The van der Waals surface area contributed by atoms with Gasteiger partial charge in [0.25, 0.3) is 10.1 Å². The lowest BCUT2D eigenvalue weighted by Gasteiger charge is -2.44. The fraction of sp³-hybridized carbons (Fsp3) is 0.538. The topological polar surface area (TPSA) is 71.1 Å². The standard InChI is InChI=1S/C25H34O6S.CH4/c1-19-20(2)25(29-17-22-12-8-5-9-13-22)24(18-28-16-21-10-6-4-7-11-21)31-23(19)14-15-30-32(3,26)27;/h4-13,19-20,23-25H,14-18H2,1-3H3;1H4/t19-,20+,23+,24+,25-;/m0./s1. The van der Waals surface area contributed by atoms with E-state index in [0.29, 0.717) is 26.2 Å². The van der Waals surface area contributed by atoms with Gasteiger partial charge in [-0.1, -0.05) is 81.9 Å². The van der Waals surface area contributed by atoms with Gasteiger partial charge < -0.3 is 14.2 Å². The van der Waals surface area contributed by atoms with Crippen LogP contribution in [0.2, 0.25) is 0 Å². The smallest absolute Gasteiger partial charge is 0.264 e. The maximum Gasteiger partial charge on any atom is 0.264 e. The number of hydrogen-bond donors (Lipinski definition) is 0. The Balaban J connectivity index is 0.00000385. The van der Waals surface area contributed by atoms with Crippen LogP contribution in [0.25, 0.3) is 0 Å². The lowest BCUT2D eigenvalue weighted by molar-refractivity contribution is -0.208. The third kappa shape index (κ3) is 8.83. The van der Waals surface area contributed by atoms with E-state index < -0.39 is 10.1 Å². The zero-order chi connectivity index (χ0) is 23.0. The summed E-state index contributed by atoms with van der Waals surface area (Å²) in [6.07, 6.45) is 1.05. The molecule has 1 fully saturated rings. The summed E-state index contributed by atoms with van der Waals surface area (Å²) in [5, 5.41) is 0. The van der Waals surface area contributed by atoms with Gasteiger partial charge in [0.05, 0.1) is 44.9 Å². The second-order valence-electron chi connectivity index (χ2n) is 8.51.